The third kappa shape index (κ3) is 6.78. The Balaban J connectivity index is 4.03. The Hall–Kier alpha value is -2.23. The first-order valence-electron chi connectivity index (χ1n) is 4.87. The molecular weight excluding hydrogens is 228 g/mol. The summed E-state index contributed by atoms with van der Waals surface area (Å²) in [6.45, 7) is 1.50. The molecular formula is C10H14N2O5. The summed E-state index contributed by atoms with van der Waals surface area (Å²) < 4.78 is 4.56. The van der Waals surface area contributed by atoms with Gasteiger partial charge >= 0.3 is 18.0 Å². The minimum Gasteiger partial charge on any atom is -0.480 e. The van der Waals surface area contributed by atoms with Crippen LogP contribution in [0.3, 0.4) is 0 Å². The van der Waals surface area contributed by atoms with Crippen LogP contribution in [0.15, 0.2) is 0 Å². The largest absolute Gasteiger partial charge is 0.480 e. The summed E-state index contributed by atoms with van der Waals surface area (Å²) in [6, 6.07) is -1.97. The monoisotopic (exact) mass is 242 g/mol. The number of hydrogen-bond acceptors (Lipinski definition) is 4. The molecule has 3 N–H and O–H groups in total. The Kier molecular flexibility index (Phi) is 6.94. The summed E-state index contributed by atoms with van der Waals surface area (Å²) in [4.78, 5) is 32.7. The van der Waals surface area contributed by atoms with E-state index in [-0.39, 0.29) is 19.6 Å². The fourth-order valence-corrected chi connectivity index (χ4v) is 0.892. The number of terminal acetylenes is 1. The van der Waals surface area contributed by atoms with Crippen LogP contribution in [0.2, 0.25) is 0 Å². The van der Waals surface area contributed by atoms with Crippen molar-refractivity contribution in [2.75, 3.05) is 13.2 Å². The lowest BCUT2D eigenvalue weighted by Crippen LogP contribution is -2.47. The molecule has 1 unspecified atom stereocenters. The van der Waals surface area contributed by atoms with Gasteiger partial charge in [-0.2, -0.15) is 0 Å². The van der Waals surface area contributed by atoms with Crippen LogP contribution in [-0.2, 0) is 14.3 Å². The first kappa shape index (κ1) is 14.8. The molecule has 0 aliphatic carbocycles. The molecule has 0 saturated heterocycles. The highest BCUT2D eigenvalue weighted by Gasteiger charge is 2.18. The van der Waals surface area contributed by atoms with Crippen LogP contribution in [0.1, 0.15) is 13.3 Å². The van der Waals surface area contributed by atoms with E-state index in [0.29, 0.717) is 0 Å². The Bertz CT molecular complexity index is 334. The highest BCUT2D eigenvalue weighted by Crippen LogP contribution is 1.90. The lowest BCUT2D eigenvalue weighted by molar-refractivity contribution is -0.141. The number of carbonyl (C=O) groups excluding carboxylic acids is 2. The number of rotatable bonds is 6. The summed E-state index contributed by atoms with van der Waals surface area (Å²) in [7, 11) is 0. The molecule has 0 aliphatic rings. The number of carbonyl (C=O) groups is 3. The van der Waals surface area contributed by atoms with Gasteiger partial charge in [0.05, 0.1) is 6.61 Å². The van der Waals surface area contributed by atoms with Crippen LogP contribution in [0, 0.1) is 12.3 Å². The molecule has 0 aromatic rings. The van der Waals surface area contributed by atoms with Gasteiger partial charge in [0.25, 0.3) is 0 Å². The van der Waals surface area contributed by atoms with Crippen LogP contribution in [0.5, 0.6) is 0 Å². The van der Waals surface area contributed by atoms with Crippen LogP contribution in [0.25, 0.3) is 0 Å². The first-order valence-corrected chi connectivity index (χ1v) is 4.87. The zero-order valence-electron chi connectivity index (χ0n) is 9.36. The van der Waals surface area contributed by atoms with Gasteiger partial charge in [0.2, 0.25) is 0 Å². The lowest BCUT2D eigenvalue weighted by Gasteiger charge is -2.12. The number of urea groups is 1. The fraction of sp³-hybridized carbons (Fsp3) is 0.500. The van der Waals surface area contributed by atoms with Gasteiger partial charge in [-0.3, -0.25) is 4.79 Å². The van der Waals surface area contributed by atoms with Gasteiger partial charge in [0, 0.05) is 6.42 Å². The van der Waals surface area contributed by atoms with E-state index < -0.39 is 24.0 Å². The summed E-state index contributed by atoms with van der Waals surface area (Å²) in [5.41, 5.74) is 0. The van der Waals surface area contributed by atoms with Crippen molar-refractivity contribution in [1.29, 1.82) is 0 Å². The van der Waals surface area contributed by atoms with Gasteiger partial charge in [0.15, 0.2) is 0 Å². The molecule has 0 aromatic carbocycles. The Labute approximate surface area is 98.5 Å². The van der Waals surface area contributed by atoms with E-state index in [9.17, 15) is 14.4 Å². The van der Waals surface area contributed by atoms with Crippen molar-refractivity contribution in [3.05, 3.63) is 0 Å². The Morgan fingerprint density at radius 1 is 1.47 bits per heavy atom. The summed E-state index contributed by atoms with van der Waals surface area (Å²) >= 11 is 0. The molecule has 0 heterocycles. The van der Waals surface area contributed by atoms with Crippen molar-refractivity contribution in [2.45, 2.75) is 19.4 Å². The number of carboxylic acids is 1. The van der Waals surface area contributed by atoms with Gasteiger partial charge < -0.3 is 20.5 Å². The van der Waals surface area contributed by atoms with E-state index in [2.05, 4.69) is 21.3 Å². The first-order chi connectivity index (χ1) is 8.01. The van der Waals surface area contributed by atoms with Gasteiger partial charge in [0.1, 0.15) is 12.6 Å². The zero-order chi connectivity index (χ0) is 13.3. The van der Waals surface area contributed by atoms with Gasteiger partial charge in [-0.1, -0.05) is 0 Å². The second kappa shape index (κ2) is 7.98. The molecule has 0 aliphatic heterocycles. The Morgan fingerprint density at radius 2 is 2.12 bits per heavy atom. The molecule has 94 valence electrons. The molecule has 0 aromatic heterocycles. The number of nitrogens with one attached hydrogen (secondary N) is 2. The maximum atomic E-state index is 11.2. The highest BCUT2D eigenvalue weighted by molar-refractivity contribution is 5.85. The van der Waals surface area contributed by atoms with Crippen LogP contribution < -0.4 is 10.6 Å². The SMILES string of the molecule is C#CCC(NC(=O)NCC(=O)OCC)C(=O)O. The molecule has 0 spiro atoms. The summed E-state index contributed by atoms with van der Waals surface area (Å²) in [5.74, 6) is 0.278. The van der Waals surface area contributed by atoms with E-state index in [0.717, 1.165) is 0 Å². The number of amides is 2. The van der Waals surface area contributed by atoms with Gasteiger partial charge in [-0.05, 0) is 6.92 Å². The summed E-state index contributed by atoms with van der Waals surface area (Å²) in [5, 5.41) is 13.0. The predicted molar refractivity (Wildman–Crippen MR) is 58.0 cm³/mol. The van der Waals surface area contributed by atoms with Crippen molar-refractivity contribution in [3.8, 4) is 12.3 Å². The van der Waals surface area contributed by atoms with Crippen LogP contribution >= 0.6 is 0 Å². The molecule has 0 saturated carbocycles. The predicted octanol–water partition coefficient (Wildman–Crippen LogP) is -0.675. The molecule has 2 amide bonds. The number of aliphatic carboxylic acids is 1. The van der Waals surface area contributed by atoms with Crippen molar-refractivity contribution < 1.29 is 24.2 Å². The van der Waals surface area contributed by atoms with Crippen molar-refractivity contribution in [1.82, 2.24) is 10.6 Å². The number of esters is 1. The van der Waals surface area contributed by atoms with Crippen LogP contribution in [0.4, 0.5) is 4.79 Å². The topological polar surface area (TPSA) is 105 Å². The van der Waals surface area contributed by atoms with E-state index in [4.69, 9.17) is 11.5 Å². The quantitative estimate of drug-likeness (QED) is 0.423. The second-order valence-corrected chi connectivity index (χ2v) is 2.93. The second-order valence-electron chi connectivity index (χ2n) is 2.93. The lowest BCUT2D eigenvalue weighted by atomic mass is 10.2. The molecule has 0 fully saturated rings. The maximum Gasteiger partial charge on any atom is 0.327 e. The van der Waals surface area contributed by atoms with E-state index in [1.165, 1.54) is 0 Å². The normalized spacial score (nSPS) is 10.8. The molecule has 7 nitrogen and oxygen atoms in total. The molecule has 0 radical (unpaired) electrons. The average molecular weight is 242 g/mol. The van der Waals surface area contributed by atoms with Crippen molar-refractivity contribution >= 4 is 18.0 Å². The molecule has 17 heavy (non-hydrogen) atoms. The third-order valence-electron chi connectivity index (χ3n) is 1.62. The summed E-state index contributed by atoms with van der Waals surface area (Å²) in [6.07, 6.45) is 4.81. The van der Waals surface area contributed by atoms with E-state index >= 15 is 0 Å². The minimum absolute atomic E-state index is 0.137. The van der Waals surface area contributed by atoms with Crippen LogP contribution in [-0.4, -0.2) is 42.3 Å². The molecule has 0 bridgehead atoms. The molecule has 1 atom stereocenters. The van der Waals surface area contributed by atoms with Crippen molar-refractivity contribution in [2.24, 2.45) is 0 Å². The number of ether oxygens (including phenoxy) is 1. The van der Waals surface area contributed by atoms with Gasteiger partial charge in [-0.25, -0.2) is 9.59 Å². The van der Waals surface area contributed by atoms with Crippen molar-refractivity contribution in [3.63, 3.8) is 0 Å². The smallest absolute Gasteiger partial charge is 0.327 e. The fourth-order valence-electron chi connectivity index (χ4n) is 0.892. The molecule has 7 heteroatoms. The standard InChI is InChI=1S/C10H14N2O5/c1-3-5-7(9(14)15)12-10(16)11-6-8(13)17-4-2/h1,7H,4-6H2,2H3,(H,14,15)(H2,11,12,16). The third-order valence-corrected chi connectivity index (χ3v) is 1.62. The zero-order valence-corrected chi connectivity index (χ0v) is 9.36. The van der Waals surface area contributed by atoms with E-state index in [1.807, 2.05) is 0 Å². The number of hydrogen-bond donors (Lipinski definition) is 3. The highest BCUT2D eigenvalue weighted by atomic mass is 16.5. The van der Waals surface area contributed by atoms with E-state index in [1.54, 1.807) is 6.92 Å². The Morgan fingerprint density at radius 3 is 2.59 bits per heavy atom. The minimum atomic E-state index is -1.24. The number of carboxylic acid groups (broad SMARTS) is 1. The molecule has 0 rings (SSSR count). The maximum absolute atomic E-state index is 11.2. The van der Waals surface area contributed by atoms with Gasteiger partial charge in [-0.15, -0.1) is 12.3 Å². The average Bonchev–Trinajstić information content (AvgIpc) is 2.26.